The lowest BCUT2D eigenvalue weighted by Gasteiger charge is -2.13. The third-order valence-corrected chi connectivity index (χ3v) is 1.87. The number of hydrogen-bond donors (Lipinski definition) is 1. The monoisotopic (exact) mass is 188 g/mol. The molecule has 0 aromatic heterocycles. The average Bonchev–Trinajstić information content (AvgIpc) is 2.19. The van der Waals surface area contributed by atoms with Gasteiger partial charge in [-0.2, -0.15) is 0 Å². The summed E-state index contributed by atoms with van der Waals surface area (Å²) in [6.07, 6.45) is 0. The maximum absolute atomic E-state index is 3.14. The minimum Gasteiger partial charge on any atom is -0.377 e. The molecule has 0 aliphatic rings. The molecule has 0 atom stereocenters. The molecule has 1 rings (SSSR count). The summed E-state index contributed by atoms with van der Waals surface area (Å²) in [5, 5.41) is 3.00. The highest BCUT2D eigenvalue weighted by Crippen LogP contribution is 2.15. The Morgan fingerprint density at radius 3 is 2.64 bits per heavy atom. The van der Waals surface area contributed by atoms with Crippen LogP contribution in [0.2, 0.25) is 0 Å². The van der Waals surface area contributed by atoms with Crippen molar-refractivity contribution in [3.63, 3.8) is 0 Å². The van der Waals surface area contributed by atoms with Gasteiger partial charge in [-0.3, -0.25) is 0 Å². The van der Waals surface area contributed by atoms with Gasteiger partial charge >= 0.3 is 0 Å². The average molecular weight is 188 g/mol. The van der Waals surface area contributed by atoms with Crippen LogP contribution in [-0.2, 0) is 0 Å². The quantitative estimate of drug-likeness (QED) is 0.704. The number of hydrogen-bond acceptors (Lipinski definition) is 2. The van der Waals surface area contributed by atoms with E-state index in [1.807, 2.05) is 39.3 Å². The van der Waals surface area contributed by atoms with Crippen molar-refractivity contribution in [2.45, 2.75) is 0 Å². The highest BCUT2D eigenvalue weighted by molar-refractivity contribution is 5.59. The van der Waals surface area contributed by atoms with Crippen LogP contribution in [0.5, 0.6) is 0 Å². The van der Waals surface area contributed by atoms with Crippen LogP contribution in [0.1, 0.15) is 5.56 Å². The topological polar surface area (TPSA) is 15.3 Å². The number of nitrogens with one attached hydrogen (secondary N) is 1. The van der Waals surface area contributed by atoms with Gasteiger partial charge in [-0.1, -0.05) is 24.0 Å². The summed E-state index contributed by atoms with van der Waals surface area (Å²) in [6.45, 7) is 0.724. The fourth-order valence-electron chi connectivity index (χ4n) is 1.20. The molecule has 1 aromatic carbocycles. The molecule has 0 aliphatic carbocycles. The summed E-state index contributed by atoms with van der Waals surface area (Å²) >= 11 is 0. The van der Waals surface area contributed by atoms with Crippen molar-refractivity contribution in [3.05, 3.63) is 29.8 Å². The predicted octanol–water partition coefficient (Wildman–Crippen LogP) is 1.32. The predicted molar refractivity (Wildman–Crippen MR) is 61.6 cm³/mol. The van der Waals surface area contributed by atoms with E-state index in [4.69, 9.17) is 0 Å². The second-order valence-electron chi connectivity index (χ2n) is 3.24. The minimum atomic E-state index is 0.724. The van der Waals surface area contributed by atoms with Gasteiger partial charge in [0.2, 0.25) is 0 Å². The molecule has 0 spiro atoms. The first-order valence-corrected chi connectivity index (χ1v) is 4.65. The Balaban J connectivity index is 2.92. The van der Waals surface area contributed by atoms with Gasteiger partial charge in [0.1, 0.15) is 0 Å². The molecule has 1 aromatic rings. The molecule has 0 radical (unpaired) electrons. The first-order valence-electron chi connectivity index (χ1n) is 4.65. The van der Waals surface area contributed by atoms with Crippen molar-refractivity contribution in [3.8, 4) is 11.8 Å². The molecular formula is C12H16N2. The molecule has 0 heterocycles. The van der Waals surface area contributed by atoms with E-state index >= 15 is 0 Å². The number of nitrogens with zero attached hydrogens (tertiary/aromatic N) is 1. The molecule has 0 amide bonds. The first-order chi connectivity index (χ1) is 6.75. The summed E-state index contributed by atoms with van der Waals surface area (Å²) in [6, 6.07) is 8.15. The molecule has 74 valence electrons. The molecule has 2 heteroatoms. The lowest BCUT2D eigenvalue weighted by atomic mass is 10.1. The van der Waals surface area contributed by atoms with E-state index in [2.05, 4.69) is 28.1 Å². The third-order valence-electron chi connectivity index (χ3n) is 1.87. The van der Waals surface area contributed by atoms with Crippen molar-refractivity contribution < 1.29 is 0 Å². The van der Waals surface area contributed by atoms with Gasteiger partial charge in [0.25, 0.3) is 0 Å². The zero-order chi connectivity index (χ0) is 10.4. The van der Waals surface area contributed by atoms with E-state index in [-0.39, 0.29) is 0 Å². The third kappa shape index (κ3) is 2.79. The van der Waals surface area contributed by atoms with E-state index in [0.29, 0.717) is 0 Å². The van der Waals surface area contributed by atoms with Crippen LogP contribution >= 0.6 is 0 Å². The van der Waals surface area contributed by atoms with Crippen LogP contribution < -0.4 is 10.2 Å². The molecule has 0 unspecified atom stereocenters. The summed E-state index contributed by atoms with van der Waals surface area (Å²) in [4.78, 5) is 2.07. The Bertz CT molecular complexity index is 345. The van der Waals surface area contributed by atoms with Gasteiger partial charge in [-0.25, -0.2) is 0 Å². The minimum absolute atomic E-state index is 0.724. The molecule has 0 bridgehead atoms. The number of rotatable bonds is 2. The van der Waals surface area contributed by atoms with Crippen molar-refractivity contribution in [2.24, 2.45) is 0 Å². The lowest BCUT2D eigenvalue weighted by molar-refractivity contribution is 0.938. The fraction of sp³-hybridized carbons (Fsp3) is 0.333. The van der Waals surface area contributed by atoms with E-state index in [0.717, 1.165) is 17.8 Å². The zero-order valence-electron chi connectivity index (χ0n) is 8.96. The normalized spacial score (nSPS) is 9.07. The second-order valence-corrected chi connectivity index (χ2v) is 3.24. The lowest BCUT2D eigenvalue weighted by Crippen LogP contribution is -2.10. The highest BCUT2D eigenvalue weighted by Gasteiger charge is 1.98. The van der Waals surface area contributed by atoms with Crippen molar-refractivity contribution >= 4 is 5.69 Å². The summed E-state index contributed by atoms with van der Waals surface area (Å²) in [5.41, 5.74) is 2.24. The molecule has 0 fully saturated rings. The Morgan fingerprint density at radius 2 is 2.00 bits per heavy atom. The fourth-order valence-corrected chi connectivity index (χ4v) is 1.20. The largest absolute Gasteiger partial charge is 0.377 e. The van der Waals surface area contributed by atoms with Crippen LogP contribution in [0.25, 0.3) is 0 Å². The maximum Gasteiger partial charge on any atom is 0.0577 e. The first kappa shape index (κ1) is 10.6. The maximum atomic E-state index is 3.14. The molecule has 0 saturated heterocycles. The van der Waals surface area contributed by atoms with Crippen molar-refractivity contribution in [1.29, 1.82) is 0 Å². The van der Waals surface area contributed by atoms with E-state index < -0.39 is 0 Å². The van der Waals surface area contributed by atoms with Gasteiger partial charge in [0, 0.05) is 19.7 Å². The Labute approximate surface area is 85.9 Å². The molecular weight excluding hydrogens is 172 g/mol. The smallest absolute Gasteiger partial charge is 0.0577 e. The molecule has 14 heavy (non-hydrogen) atoms. The van der Waals surface area contributed by atoms with Crippen LogP contribution in [0.4, 0.5) is 5.69 Å². The summed E-state index contributed by atoms with van der Waals surface area (Å²) < 4.78 is 0. The van der Waals surface area contributed by atoms with E-state index in [1.54, 1.807) is 0 Å². The van der Waals surface area contributed by atoms with Crippen molar-refractivity contribution in [2.75, 3.05) is 32.6 Å². The highest BCUT2D eigenvalue weighted by atomic mass is 15.1. The van der Waals surface area contributed by atoms with Gasteiger partial charge < -0.3 is 10.2 Å². The Kier molecular flexibility index (Phi) is 4.03. The number of anilines is 1. The van der Waals surface area contributed by atoms with Gasteiger partial charge in [0.05, 0.1) is 12.2 Å². The molecule has 0 saturated carbocycles. The van der Waals surface area contributed by atoms with Crippen LogP contribution in [-0.4, -0.2) is 27.7 Å². The van der Waals surface area contributed by atoms with E-state index in [1.165, 1.54) is 0 Å². The van der Waals surface area contributed by atoms with E-state index in [9.17, 15) is 0 Å². The summed E-state index contributed by atoms with van der Waals surface area (Å²) in [5.74, 6) is 6.20. The SMILES string of the molecule is CNCC#Cc1ccccc1N(C)C. The Hall–Kier alpha value is -1.46. The second kappa shape index (κ2) is 5.31. The number of para-hydroxylation sites is 1. The number of benzene rings is 1. The van der Waals surface area contributed by atoms with Gasteiger partial charge in [-0.05, 0) is 19.2 Å². The standard InChI is InChI=1S/C12H16N2/c1-13-10-6-8-11-7-4-5-9-12(11)14(2)3/h4-5,7,9,13H,10H2,1-3H3. The van der Waals surface area contributed by atoms with Crippen LogP contribution in [0.3, 0.4) is 0 Å². The van der Waals surface area contributed by atoms with Gasteiger partial charge in [0.15, 0.2) is 0 Å². The van der Waals surface area contributed by atoms with Crippen LogP contribution in [0.15, 0.2) is 24.3 Å². The summed E-state index contributed by atoms with van der Waals surface area (Å²) in [7, 11) is 5.95. The molecule has 1 N–H and O–H groups in total. The Morgan fingerprint density at radius 1 is 1.29 bits per heavy atom. The zero-order valence-corrected chi connectivity index (χ0v) is 8.96. The van der Waals surface area contributed by atoms with Gasteiger partial charge in [-0.15, -0.1) is 0 Å². The molecule has 2 nitrogen and oxygen atoms in total. The van der Waals surface area contributed by atoms with Crippen LogP contribution in [0, 0.1) is 11.8 Å². The van der Waals surface area contributed by atoms with Crippen molar-refractivity contribution in [1.82, 2.24) is 5.32 Å². The molecule has 0 aliphatic heterocycles.